The van der Waals surface area contributed by atoms with Crippen LogP contribution in [-0.2, 0) is 9.53 Å². The zero-order valence-electron chi connectivity index (χ0n) is 12.5. The van der Waals surface area contributed by atoms with E-state index in [-0.39, 0.29) is 24.2 Å². The van der Waals surface area contributed by atoms with Crippen molar-refractivity contribution < 1.29 is 18.7 Å². The Morgan fingerprint density at radius 2 is 2.05 bits per heavy atom. The van der Waals surface area contributed by atoms with E-state index in [9.17, 15) is 9.18 Å². The molecule has 1 amide bonds. The van der Waals surface area contributed by atoms with Gasteiger partial charge in [-0.3, -0.25) is 4.79 Å². The van der Waals surface area contributed by atoms with E-state index in [1.165, 1.54) is 12.1 Å². The molecule has 21 heavy (non-hydrogen) atoms. The summed E-state index contributed by atoms with van der Waals surface area (Å²) < 4.78 is 23.3. The van der Waals surface area contributed by atoms with Crippen LogP contribution < -0.4 is 10.5 Å². The topological polar surface area (TPSA) is 64.8 Å². The number of amides is 1. The third-order valence-electron chi connectivity index (χ3n) is 3.14. The first-order valence-corrected chi connectivity index (χ1v) is 6.92. The number of benzene rings is 1. The molecule has 0 saturated heterocycles. The first-order valence-electron chi connectivity index (χ1n) is 6.92. The second kappa shape index (κ2) is 9.31. The molecule has 2 N–H and O–H groups in total. The predicted molar refractivity (Wildman–Crippen MR) is 78.6 cm³/mol. The van der Waals surface area contributed by atoms with E-state index in [0.717, 1.165) is 0 Å². The molecule has 0 bridgehead atoms. The van der Waals surface area contributed by atoms with Gasteiger partial charge in [-0.1, -0.05) is 0 Å². The number of nitrogens with two attached hydrogens (primary N) is 1. The Morgan fingerprint density at radius 3 is 2.62 bits per heavy atom. The second-order valence-electron chi connectivity index (χ2n) is 4.77. The molecular formula is C15H23FN2O3. The van der Waals surface area contributed by atoms with E-state index in [4.69, 9.17) is 15.2 Å². The Morgan fingerprint density at radius 1 is 1.38 bits per heavy atom. The maximum Gasteiger partial charge on any atom is 0.224 e. The van der Waals surface area contributed by atoms with Gasteiger partial charge in [-0.15, -0.1) is 0 Å². The minimum absolute atomic E-state index is 0.00548. The number of carbonyl (C=O) groups excluding carboxylic acids is 1. The minimum atomic E-state index is -0.291. The first-order chi connectivity index (χ1) is 10.1. The average molecular weight is 298 g/mol. The Kier molecular flexibility index (Phi) is 7.71. The lowest BCUT2D eigenvalue weighted by Gasteiger charge is -2.20. The van der Waals surface area contributed by atoms with Crippen LogP contribution in [0, 0.1) is 5.82 Å². The van der Waals surface area contributed by atoms with Gasteiger partial charge < -0.3 is 20.1 Å². The van der Waals surface area contributed by atoms with Gasteiger partial charge in [0.15, 0.2) is 0 Å². The number of hydrogen-bond donors (Lipinski definition) is 1. The molecule has 0 aliphatic carbocycles. The molecule has 6 heteroatoms. The largest absolute Gasteiger partial charge is 0.494 e. The molecule has 0 aromatic heterocycles. The smallest absolute Gasteiger partial charge is 0.224 e. The molecule has 0 heterocycles. The Hall–Kier alpha value is -1.66. The van der Waals surface area contributed by atoms with Crippen molar-refractivity contribution in [2.45, 2.75) is 18.9 Å². The third kappa shape index (κ3) is 6.55. The molecule has 1 unspecified atom stereocenters. The molecule has 0 radical (unpaired) electrons. The fourth-order valence-electron chi connectivity index (χ4n) is 1.76. The number of nitrogens with zero attached hydrogens (tertiary/aromatic N) is 1. The molecule has 1 atom stereocenters. The predicted octanol–water partition coefficient (Wildman–Crippen LogP) is 1.42. The summed E-state index contributed by atoms with van der Waals surface area (Å²) in [5, 5.41) is 0. The van der Waals surface area contributed by atoms with Crippen LogP contribution in [0.5, 0.6) is 5.75 Å². The van der Waals surface area contributed by atoms with E-state index in [2.05, 4.69) is 0 Å². The molecule has 5 nitrogen and oxygen atoms in total. The number of ether oxygens (including phenoxy) is 2. The number of halogens is 1. The lowest BCUT2D eigenvalue weighted by Crippen LogP contribution is -2.34. The van der Waals surface area contributed by atoms with Gasteiger partial charge in [0, 0.05) is 27.2 Å². The summed E-state index contributed by atoms with van der Waals surface area (Å²) in [6.45, 7) is 1.37. The molecule has 1 aromatic carbocycles. The Labute approximate surface area is 124 Å². The van der Waals surface area contributed by atoms with Crippen LogP contribution >= 0.6 is 0 Å². The Balaban J connectivity index is 2.22. The fraction of sp³-hybridized carbons (Fsp3) is 0.533. The summed E-state index contributed by atoms with van der Waals surface area (Å²) in [7, 11) is 3.28. The lowest BCUT2D eigenvalue weighted by molar-refractivity contribution is -0.132. The van der Waals surface area contributed by atoms with Crippen LogP contribution in [0.2, 0.25) is 0 Å². The van der Waals surface area contributed by atoms with Crippen molar-refractivity contribution in [2.24, 2.45) is 5.73 Å². The molecular weight excluding hydrogens is 275 g/mol. The molecule has 0 aliphatic heterocycles. The molecule has 1 aromatic rings. The highest BCUT2D eigenvalue weighted by molar-refractivity contribution is 5.76. The van der Waals surface area contributed by atoms with E-state index in [1.807, 2.05) is 0 Å². The van der Waals surface area contributed by atoms with Crippen LogP contribution in [-0.4, -0.2) is 50.8 Å². The van der Waals surface area contributed by atoms with E-state index >= 15 is 0 Å². The van der Waals surface area contributed by atoms with Crippen LogP contribution in [0.4, 0.5) is 4.39 Å². The van der Waals surface area contributed by atoms with Crippen molar-refractivity contribution in [2.75, 3.05) is 33.9 Å². The third-order valence-corrected chi connectivity index (χ3v) is 3.14. The van der Waals surface area contributed by atoms with Crippen molar-refractivity contribution in [1.29, 1.82) is 0 Å². The number of rotatable bonds is 9. The maximum absolute atomic E-state index is 12.7. The van der Waals surface area contributed by atoms with Crippen LogP contribution in [0.1, 0.15) is 12.8 Å². The molecule has 0 fully saturated rings. The molecule has 0 spiro atoms. The summed E-state index contributed by atoms with van der Waals surface area (Å²) >= 11 is 0. The van der Waals surface area contributed by atoms with Gasteiger partial charge >= 0.3 is 0 Å². The fourth-order valence-corrected chi connectivity index (χ4v) is 1.76. The highest BCUT2D eigenvalue weighted by atomic mass is 19.1. The Bertz CT molecular complexity index is 421. The van der Waals surface area contributed by atoms with Gasteiger partial charge in [0.2, 0.25) is 5.91 Å². The van der Waals surface area contributed by atoms with E-state index in [1.54, 1.807) is 31.2 Å². The molecule has 0 aliphatic rings. The highest BCUT2D eigenvalue weighted by Crippen LogP contribution is 2.11. The zero-order valence-corrected chi connectivity index (χ0v) is 12.5. The van der Waals surface area contributed by atoms with Gasteiger partial charge in [0.1, 0.15) is 11.6 Å². The molecule has 1 rings (SSSR count). The van der Waals surface area contributed by atoms with Gasteiger partial charge in [-0.2, -0.15) is 0 Å². The van der Waals surface area contributed by atoms with Crippen molar-refractivity contribution in [3.63, 3.8) is 0 Å². The average Bonchev–Trinajstić information content (AvgIpc) is 2.50. The summed E-state index contributed by atoms with van der Waals surface area (Å²) in [4.78, 5) is 13.5. The summed E-state index contributed by atoms with van der Waals surface area (Å²) in [6, 6.07) is 5.86. The van der Waals surface area contributed by atoms with E-state index < -0.39 is 0 Å². The van der Waals surface area contributed by atoms with Crippen LogP contribution in [0.25, 0.3) is 0 Å². The summed E-state index contributed by atoms with van der Waals surface area (Å²) in [6.07, 6.45) is 0.734. The quantitative estimate of drug-likeness (QED) is 0.700. The monoisotopic (exact) mass is 298 g/mol. The molecule has 0 saturated carbocycles. The van der Waals surface area contributed by atoms with Crippen LogP contribution in [0.15, 0.2) is 24.3 Å². The van der Waals surface area contributed by atoms with Crippen molar-refractivity contribution in [3.8, 4) is 5.75 Å². The van der Waals surface area contributed by atoms with Gasteiger partial charge in [-0.05, 0) is 30.7 Å². The van der Waals surface area contributed by atoms with Crippen LogP contribution in [0.3, 0.4) is 0 Å². The van der Waals surface area contributed by atoms with Gasteiger partial charge in [0.05, 0.1) is 19.1 Å². The SMILES string of the molecule is COC(CN)CC(=O)N(C)CCCOc1ccc(F)cc1. The summed E-state index contributed by atoms with van der Waals surface area (Å²) in [5.41, 5.74) is 5.49. The number of carbonyl (C=O) groups is 1. The second-order valence-corrected chi connectivity index (χ2v) is 4.77. The first kappa shape index (κ1) is 17.4. The van der Waals surface area contributed by atoms with Crippen molar-refractivity contribution in [1.82, 2.24) is 4.90 Å². The highest BCUT2D eigenvalue weighted by Gasteiger charge is 2.14. The normalized spacial score (nSPS) is 12.0. The number of methoxy groups -OCH3 is 1. The number of hydrogen-bond acceptors (Lipinski definition) is 4. The molecule has 118 valence electrons. The maximum atomic E-state index is 12.7. The minimum Gasteiger partial charge on any atom is -0.494 e. The zero-order chi connectivity index (χ0) is 15.7. The van der Waals surface area contributed by atoms with Crippen molar-refractivity contribution in [3.05, 3.63) is 30.1 Å². The van der Waals surface area contributed by atoms with Gasteiger partial charge in [-0.25, -0.2) is 4.39 Å². The standard InChI is InChI=1S/C15H23FN2O3/c1-18(15(19)10-14(11-17)20-2)8-3-9-21-13-6-4-12(16)5-7-13/h4-7,14H,3,8-11,17H2,1-2H3. The van der Waals surface area contributed by atoms with Crippen molar-refractivity contribution >= 4 is 5.91 Å². The summed E-state index contributed by atoms with van der Waals surface area (Å²) in [5.74, 6) is 0.322. The van der Waals surface area contributed by atoms with Gasteiger partial charge in [0.25, 0.3) is 0 Å². The lowest BCUT2D eigenvalue weighted by atomic mass is 10.2. The van der Waals surface area contributed by atoms with E-state index in [0.29, 0.717) is 31.9 Å².